The van der Waals surface area contributed by atoms with Crippen molar-refractivity contribution >= 4 is 17.8 Å². The van der Waals surface area contributed by atoms with Gasteiger partial charge in [-0.3, -0.25) is 9.89 Å². The number of rotatable bonds is 3. The highest BCUT2D eigenvalue weighted by Crippen LogP contribution is 2.17. The molecule has 0 atom stereocenters. The van der Waals surface area contributed by atoms with E-state index in [1.165, 1.54) is 0 Å². The SMILES string of the molecule is CC(C)(C)/C=C/c1ccc(C(=O)Nc2ccn[nH]2)cc1. The molecule has 20 heavy (non-hydrogen) atoms. The van der Waals surface area contributed by atoms with Gasteiger partial charge in [0.2, 0.25) is 0 Å². The molecule has 1 amide bonds. The lowest BCUT2D eigenvalue weighted by Crippen LogP contribution is -2.11. The molecule has 0 aliphatic heterocycles. The maximum Gasteiger partial charge on any atom is 0.256 e. The molecule has 4 nitrogen and oxygen atoms in total. The Balaban J connectivity index is 2.04. The van der Waals surface area contributed by atoms with Crippen LogP contribution in [0.25, 0.3) is 6.08 Å². The molecular formula is C16H19N3O. The van der Waals surface area contributed by atoms with E-state index in [0.717, 1.165) is 5.56 Å². The third-order valence-corrected chi connectivity index (χ3v) is 2.70. The summed E-state index contributed by atoms with van der Waals surface area (Å²) in [4.78, 5) is 12.0. The summed E-state index contributed by atoms with van der Waals surface area (Å²) in [6.07, 6.45) is 5.80. The minimum atomic E-state index is -0.152. The fourth-order valence-corrected chi connectivity index (χ4v) is 1.61. The van der Waals surface area contributed by atoms with E-state index in [0.29, 0.717) is 11.4 Å². The van der Waals surface area contributed by atoms with Gasteiger partial charge in [-0.05, 0) is 23.1 Å². The van der Waals surface area contributed by atoms with Crippen LogP contribution in [0.5, 0.6) is 0 Å². The molecule has 4 heteroatoms. The Bertz CT molecular complexity index is 590. The summed E-state index contributed by atoms with van der Waals surface area (Å²) in [6, 6.07) is 9.20. The Kier molecular flexibility index (Phi) is 4.03. The first-order chi connectivity index (χ1) is 9.44. The molecule has 0 bridgehead atoms. The van der Waals surface area contributed by atoms with E-state index in [-0.39, 0.29) is 11.3 Å². The number of hydrogen-bond acceptors (Lipinski definition) is 2. The Morgan fingerprint density at radius 2 is 1.90 bits per heavy atom. The van der Waals surface area contributed by atoms with Crippen molar-refractivity contribution in [1.82, 2.24) is 10.2 Å². The molecule has 2 rings (SSSR count). The van der Waals surface area contributed by atoms with Gasteiger partial charge < -0.3 is 5.32 Å². The number of carbonyl (C=O) groups is 1. The third kappa shape index (κ3) is 4.09. The number of amides is 1. The first kappa shape index (κ1) is 14.1. The number of benzene rings is 1. The highest BCUT2D eigenvalue weighted by atomic mass is 16.1. The molecule has 1 aromatic heterocycles. The zero-order chi connectivity index (χ0) is 14.6. The van der Waals surface area contributed by atoms with Crippen molar-refractivity contribution in [3.63, 3.8) is 0 Å². The summed E-state index contributed by atoms with van der Waals surface area (Å²) in [5.41, 5.74) is 1.85. The van der Waals surface area contributed by atoms with Gasteiger partial charge in [0, 0.05) is 11.6 Å². The summed E-state index contributed by atoms with van der Waals surface area (Å²) in [6.45, 7) is 6.45. The number of aromatic nitrogens is 2. The molecular weight excluding hydrogens is 250 g/mol. The van der Waals surface area contributed by atoms with Gasteiger partial charge in [-0.15, -0.1) is 0 Å². The number of H-pyrrole nitrogens is 1. The average Bonchev–Trinajstić information content (AvgIpc) is 2.89. The summed E-state index contributed by atoms with van der Waals surface area (Å²) in [5, 5.41) is 9.21. The molecule has 2 aromatic rings. The molecule has 1 aromatic carbocycles. The topological polar surface area (TPSA) is 57.8 Å². The summed E-state index contributed by atoms with van der Waals surface area (Å²) in [7, 11) is 0. The number of aromatic amines is 1. The summed E-state index contributed by atoms with van der Waals surface area (Å²) >= 11 is 0. The van der Waals surface area contributed by atoms with E-state index >= 15 is 0 Å². The van der Waals surface area contributed by atoms with Crippen LogP contribution in [-0.2, 0) is 0 Å². The second kappa shape index (κ2) is 5.74. The van der Waals surface area contributed by atoms with E-state index in [4.69, 9.17) is 0 Å². The lowest BCUT2D eigenvalue weighted by atomic mass is 9.95. The highest BCUT2D eigenvalue weighted by Gasteiger charge is 2.07. The molecule has 2 N–H and O–H groups in total. The molecule has 0 radical (unpaired) electrons. The van der Waals surface area contributed by atoms with Crippen molar-refractivity contribution in [2.24, 2.45) is 5.41 Å². The van der Waals surface area contributed by atoms with Gasteiger partial charge in [-0.2, -0.15) is 5.10 Å². The minimum absolute atomic E-state index is 0.149. The van der Waals surface area contributed by atoms with Crippen LogP contribution in [0.3, 0.4) is 0 Å². The predicted octanol–water partition coefficient (Wildman–Crippen LogP) is 3.72. The lowest BCUT2D eigenvalue weighted by Gasteiger charge is -2.11. The van der Waals surface area contributed by atoms with Gasteiger partial charge in [0.05, 0.1) is 6.20 Å². The highest BCUT2D eigenvalue weighted by molar-refractivity contribution is 6.03. The monoisotopic (exact) mass is 269 g/mol. The van der Waals surface area contributed by atoms with Crippen LogP contribution in [0.2, 0.25) is 0 Å². The minimum Gasteiger partial charge on any atom is -0.307 e. The van der Waals surface area contributed by atoms with Crippen LogP contribution in [-0.4, -0.2) is 16.1 Å². The number of carbonyl (C=O) groups excluding carboxylic acids is 1. The number of nitrogens with zero attached hydrogens (tertiary/aromatic N) is 1. The van der Waals surface area contributed by atoms with Crippen molar-refractivity contribution < 1.29 is 4.79 Å². The normalized spacial score (nSPS) is 11.8. The Morgan fingerprint density at radius 3 is 2.45 bits per heavy atom. The van der Waals surface area contributed by atoms with Crippen LogP contribution in [0, 0.1) is 5.41 Å². The van der Waals surface area contributed by atoms with Crippen molar-refractivity contribution in [2.75, 3.05) is 5.32 Å². The largest absolute Gasteiger partial charge is 0.307 e. The van der Waals surface area contributed by atoms with Crippen molar-refractivity contribution in [2.45, 2.75) is 20.8 Å². The fourth-order valence-electron chi connectivity index (χ4n) is 1.61. The third-order valence-electron chi connectivity index (χ3n) is 2.70. The first-order valence-electron chi connectivity index (χ1n) is 6.54. The van der Waals surface area contributed by atoms with E-state index in [9.17, 15) is 4.79 Å². The number of nitrogens with one attached hydrogen (secondary N) is 2. The Hall–Kier alpha value is -2.36. The summed E-state index contributed by atoms with van der Waals surface area (Å²) < 4.78 is 0. The molecule has 104 valence electrons. The number of hydrogen-bond donors (Lipinski definition) is 2. The molecule has 0 fully saturated rings. The molecule has 0 aliphatic rings. The first-order valence-corrected chi connectivity index (χ1v) is 6.54. The predicted molar refractivity (Wildman–Crippen MR) is 81.5 cm³/mol. The maximum atomic E-state index is 12.0. The molecule has 0 aliphatic carbocycles. The standard InChI is InChI=1S/C16H19N3O/c1-16(2,3)10-8-12-4-6-13(7-5-12)15(20)18-14-9-11-17-19-14/h4-11H,1-3H3,(H2,17,18,19,20)/b10-8+. The van der Waals surface area contributed by atoms with Crippen LogP contribution in [0.15, 0.2) is 42.6 Å². The van der Waals surface area contributed by atoms with Gasteiger partial charge >= 0.3 is 0 Å². The zero-order valence-electron chi connectivity index (χ0n) is 12.0. The molecule has 0 spiro atoms. The van der Waals surface area contributed by atoms with Gasteiger partial charge in [-0.1, -0.05) is 45.1 Å². The van der Waals surface area contributed by atoms with Gasteiger partial charge in [0.25, 0.3) is 5.91 Å². The van der Waals surface area contributed by atoms with E-state index in [1.54, 1.807) is 12.3 Å². The molecule has 0 saturated heterocycles. The number of anilines is 1. The Morgan fingerprint density at radius 1 is 1.20 bits per heavy atom. The summed E-state index contributed by atoms with van der Waals surface area (Å²) in [5.74, 6) is 0.437. The van der Waals surface area contributed by atoms with Crippen LogP contribution in [0.4, 0.5) is 5.82 Å². The van der Waals surface area contributed by atoms with Gasteiger partial charge in [0.1, 0.15) is 5.82 Å². The zero-order valence-corrected chi connectivity index (χ0v) is 12.0. The van der Waals surface area contributed by atoms with Crippen LogP contribution < -0.4 is 5.32 Å². The number of allylic oxidation sites excluding steroid dienone is 1. The van der Waals surface area contributed by atoms with Crippen molar-refractivity contribution in [3.05, 3.63) is 53.7 Å². The second-order valence-electron chi connectivity index (χ2n) is 5.75. The van der Waals surface area contributed by atoms with E-state index < -0.39 is 0 Å². The average molecular weight is 269 g/mol. The maximum absolute atomic E-state index is 12.0. The fraction of sp³-hybridized carbons (Fsp3) is 0.250. The van der Waals surface area contributed by atoms with Crippen LogP contribution in [0.1, 0.15) is 36.7 Å². The quantitative estimate of drug-likeness (QED) is 0.892. The van der Waals surface area contributed by atoms with Crippen molar-refractivity contribution in [3.8, 4) is 0 Å². The van der Waals surface area contributed by atoms with Crippen molar-refractivity contribution in [1.29, 1.82) is 0 Å². The molecule has 1 heterocycles. The second-order valence-corrected chi connectivity index (χ2v) is 5.75. The molecule has 0 unspecified atom stereocenters. The molecule has 0 saturated carbocycles. The van der Waals surface area contributed by atoms with E-state index in [2.05, 4.69) is 48.4 Å². The lowest BCUT2D eigenvalue weighted by molar-refractivity contribution is 0.102. The van der Waals surface area contributed by atoms with Gasteiger partial charge in [-0.25, -0.2) is 0 Å². The van der Waals surface area contributed by atoms with Crippen LogP contribution >= 0.6 is 0 Å². The van der Waals surface area contributed by atoms with E-state index in [1.807, 2.05) is 24.3 Å². The van der Waals surface area contributed by atoms with Gasteiger partial charge in [0.15, 0.2) is 0 Å². The smallest absolute Gasteiger partial charge is 0.256 e. The Labute approximate surface area is 118 Å².